The Balaban J connectivity index is 1.43. The molecule has 29 heavy (non-hydrogen) atoms. The highest BCUT2D eigenvalue weighted by atomic mass is 35.5. The molecule has 0 amide bonds. The highest BCUT2D eigenvalue weighted by Crippen LogP contribution is 2.30. The summed E-state index contributed by atoms with van der Waals surface area (Å²) in [5.74, 6) is 1.49. The molecule has 0 bridgehead atoms. The summed E-state index contributed by atoms with van der Waals surface area (Å²) in [6.07, 6.45) is 7.77. The van der Waals surface area contributed by atoms with Gasteiger partial charge in [0.25, 0.3) is 0 Å². The molecule has 146 valence electrons. The van der Waals surface area contributed by atoms with Crippen molar-refractivity contribution in [1.82, 2.24) is 19.9 Å². The first kappa shape index (κ1) is 18.1. The number of benzene rings is 1. The minimum atomic E-state index is -0.179. The van der Waals surface area contributed by atoms with Gasteiger partial charge in [0, 0.05) is 35.1 Å². The van der Waals surface area contributed by atoms with Gasteiger partial charge in [-0.15, -0.1) is 0 Å². The largest absolute Gasteiger partial charge is 0.486 e. The molecule has 0 spiro atoms. The fraction of sp³-hybridized carbons (Fsp3) is 0.227. The normalized spacial score (nSPS) is 14.6. The number of fused-ring (bicyclic) bond motifs is 3. The van der Waals surface area contributed by atoms with Gasteiger partial charge in [-0.2, -0.15) is 0 Å². The lowest BCUT2D eigenvalue weighted by atomic mass is 9.99. The van der Waals surface area contributed by atoms with Gasteiger partial charge in [0.15, 0.2) is 0 Å². The van der Waals surface area contributed by atoms with E-state index in [1.54, 1.807) is 18.6 Å². The number of aromatic amines is 1. The van der Waals surface area contributed by atoms with Crippen LogP contribution >= 0.6 is 11.6 Å². The van der Waals surface area contributed by atoms with Gasteiger partial charge in [-0.25, -0.2) is 4.98 Å². The summed E-state index contributed by atoms with van der Waals surface area (Å²) >= 11 is 5.94. The third-order valence-corrected chi connectivity index (χ3v) is 5.35. The van der Waals surface area contributed by atoms with Crippen LogP contribution < -0.4 is 4.74 Å². The van der Waals surface area contributed by atoms with Crippen molar-refractivity contribution in [3.05, 3.63) is 70.9 Å². The van der Waals surface area contributed by atoms with Crippen LogP contribution in [0.15, 0.2) is 49.1 Å². The van der Waals surface area contributed by atoms with Crippen molar-refractivity contribution in [2.45, 2.75) is 26.1 Å². The Hall–Kier alpha value is -2.96. The Kier molecular flexibility index (Phi) is 4.66. The lowest BCUT2D eigenvalue weighted by Crippen LogP contribution is -2.11. The van der Waals surface area contributed by atoms with Crippen molar-refractivity contribution in [1.29, 1.82) is 0 Å². The monoisotopic (exact) mass is 406 g/mol. The van der Waals surface area contributed by atoms with Crippen LogP contribution in [-0.4, -0.2) is 26.5 Å². The average Bonchev–Trinajstić information content (AvgIpc) is 3.20. The van der Waals surface area contributed by atoms with Crippen molar-refractivity contribution in [3.8, 4) is 17.1 Å². The van der Waals surface area contributed by atoms with Crippen molar-refractivity contribution in [2.24, 2.45) is 0 Å². The number of rotatable bonds is 4. The van der Waals surface area contributed by atoms with Crippen LogP contribution in [0.25, 0.3) is 22.3 Å². The quantitative estimate of drug-likeness (QED) is 0.522. The second-order valence-electron chi connectivity index (χ2n) is 7.09. The molecular formula is C22H19ClN4O2. The van der Waals surface area contributed by atoms with E-state index in [0.29, 0.717) is 17.6 Å². The molecule has 3 aromatic heterocycles. The Morgan fingerprint density at radius 1 is 1.14 bits per heavy atom. The van der Waals surface area contributed by atoms with Gasteiger partial charge < -0.3 is 14.5 Å². The third-order valence-electron chi connectivity index (χ3n) is 5.15. The Labute approximate surface area is 172 Å². The summed E-state index contributed by atoms with van der Waals surface area (Å²) in [4.78, 5) is 16.2. The molecule has 0 fully saturated rings. The SMILES string of the molecule is C[C@@H](Oc1ccc2ncc3c(c2c1)CCOC3)c1cncc(-c2ncc(Cl)[nH]2)c1. The molecule has 0 radical (unpaired) electrons. The van der Waals surface area contributed by atoms with Crippen LogP contribution in [0.4, 0.5) is 0 Å². The van der Waals surface area contributed by atoms with Gasteiger partial charge in [0.1, 0.15) is 22.8 Å². The molecule has 1 N–H and O–H groups in total. The first-order valence-corrected chi connectivity index (χ1v) is 9.86. The van der Waals surface area contributed by atoms with Crippen LogP contribution in [-0.2, 0) is 17.8 Å². The molecule has 4 heterocycles. The third kappa shape index (κ3) is 3.57. The standard InChI is InChI=1S/C22H19ClN4O2/c1-13(14-6-15(9-24-8-14)22-26-11-21(23)27-22)29-17-2-3-20-19(7-17)18-4-5-28-12-16(18)10-25-20/h2-3,6-11,13H,4-5,12H2,1H3,(H,26,27)/t13-/m1/s1. The van der Waals surface area contributed by atoms with E-state index in [4.69, 9.17) is 21.1 Å². The van der Waals surface area contributed by atoms with Gasteiger partial charge in [-0.05, 0) is 48.7 Å². The second kappa shape index (κ2) is 7.46. The first-order chi connectivity index (χ1) is 14.2. The number of imidazole rings is 1. The number of nitrogens with zero attached hydrogens (tertiary/aromatic N) is 3. The molecule has 1 aliphatic rings. The van der Waals surface area contributed by atoms with Gasteiger partial charge >= 0.3 is 0 Å². The maximum absolute atomic E-state index is 6.24. The van der Waals surface area contributed by atoms with Crippen LogP contribution in [0.2, 0.25) is 5.15 Å². The zero-order valence-corrected chi connectivity index (χ0v) is 16.6. The number of ether oxygens (including phenoxy) is 2. The number of aromatic nitrogens is 4. The highest BCUT2D eigenvalue weighted by molar-refractivity contribution is 6.29. The molecular weight excluding hydrogens is 388 g/mol. The highest BCUT2D eigenvalue weighted by Gasteiger charge is 2.16. The fourth-order valence-electron chi connectivity index (χ4n) is 3.64. The minimum absolute atomic E-state index is 0.179. The van der Waals surface area contributed by atoms with Crippen LogP contribution in [0.1, 0.15) is 29.7 Å². The summed E-state index contributed by atoms with van der Waals surface area (Å²) in [5, 5.41) is 1.63. The lowest BCUT2D eigenvalue weighted by molar-refractivity contribution is 0.111. The Morgan fingerprint density at radius 2 is 2.07 bits per heavy atom. The number of H-pyrrole nitrogens is 1. The van der Waals surface area contributed by atoms with Gasteiger partial charge in [0.05, 0.1) is 24.9 Å². The predicted octanol–water partition coefficient (Wildman–Crippen LogP) is 4.89. The molecule has 0 unspecified atom stereocenters. The molecule has 1 aromatic carbocycles. The van der Waals surface area contributed by atoms with Gasteiger partial charge in [-0.3, -0.25) is 9.97 Å². The Bertz CT molecular complexity index is 1190. The van der Waals surface area contributed by atoms with Crippen molar-refractivity contribution in [2.75, 3.05) is 6.61 Å². The number of halogens is 1. The number of nitrogens with one attached hydrogen (secondary N) is 1. The Morgan fingerprint density at radius 3 is 2.93 bits per heavy atom. The summed E-state index contributed by atoms with van der Waals surface area (Å²) in [7, 11) is 0. The molecule has 1 atom stereocenters. The van der Waals surface area contributed by atoms with Crippen LogP contribution in [0.5, 0.6) is 5.75 Å². The van der Waals surface area contributed by atoms with E-state index >= 15 is 0 Å². The summed E-state index contributed by atoms with van der Waals surface area (Å²) < 4.78 is 11.8. The molecule has 0 aliphatic carbocycles. The predicted molar refractivity (Wildman–Crippen MR) is 111 cm³/mol. The smallest absolute Gasteiger partial charge is 0.140 e. The number of hydrogen-bond donors (Lipinski definition) is 1. The van der Waals surface area contributed by atoms with E-state index in [1.807, 2.05) is 31.3 Å². The van der Waals surface area contributed by atoms with Crippen LogP contribution in [0, 0.1) is 0 Å². The first-order valence-electron chi connectivity index (χ1n) is 9.48. The molecule has 7 heteroatoms. The zero-order valence-electron chi connectivity index (χ0n) is 15.9. The topological polar surface area (TPSA) is 72.9 Å². The van der Waals surface area contributed by atoms with Gasteiger partial charge in [-0.1, -0.05) is 11.6 Å². The molecule has 6 nitrogen and oxygen atoms in total. The number of pyridine rings is 2. The van der Waals surface area contributed by atoms with Crippen molar-refractivity contribution < 1.29 is 9.47 Å². The van der Waals surface area contributed by atoms with Gasteiger partial charge in [0.2, 0.25) is 0 Å². The molecule has 5 rings (SSSR count). The summed E-state index contributed by atoms with van der Waals surface area (Å²) in [6, 6.07) is 8.05. The van der Waals surface area contributed by atoms with E-state index in [0.717, 1.165) is 46.4 Å². The molecule has 1 aliphatic heterocycles. The molecule has 0 saturated heterocycles. The zero-order chi connectivity index (χ0) is 19.8. The van der Waals surface area contributed by atoms with E-state index in [-0.39, 0.29) is 6.10 Å². The molecule has 4 aromatic rings. The fourth-order valence-corrected chi connectivity index (χ4v) is 3.78. The van der Waals surface area contributed by atoms with Crippen molar-refractivity contribution in [3.63, 3.8) is 0 Å². The number of hydrogen-bond acceptors (Lipinski definition) is 5. The van der Waals surface area contributed by atoms with Crippen molar-refractivity contribution >= 4 is 22.5 Å². The minimum Gasteiger partial charge on any atom is -0.486 e. The lowest BCUT2D eigenvalue weighted by Gasteiger charge is -2.19. The van der Waals surface area contributed by atoms with E-state index in [2.05, 4.69) is 26.0 Å². The van der Waals surface area contributed by atoms with Crippen LogP contribution in [0.3, 0.4) is 0 Å². The maximum atomic E-state index is 6.24. The average molecular weight is 407 g/mol. The second-order valence-corrected chi connectivity index (χ2v) is 7.50. The van der Waals surface area contributed by atoms with E-state index < -0.39 is 0 Å². The molecule has 0 saturated carbocycles. The summed E-state index contributed by atoms with van der Waals surface area (Å²) in [5.41, 5.74) is 5.25. The summed E-state index contributed by atoms with van der Waals surface area (Å²) in [6.45, 7) is 3.37. The van der Waals surface area contributed by atoms with E-state index in [9.17, 15) is 0 Å². The maximum Gasteiger partial charge on any atom is 0.140 e. The van der Waals surface area contributed by atoms with E-state index in [1.165, 1.54) is 5.56 Å².